The molecular weight excluding hydrogens is 504 g/mol. The molecular formula is C33H42N2O5. The average molecular weight is 547 g/mol. The van der Waals surface area contributed by atoms with Crippen LogP contribution in [0.4, 0.5) is 0 Å². The number of hydrogen-bond donors (Lipinski definition) is 2. The van der Waals surface area contributed by atoms with Crippen LogP contribution in [0.1, 0.15) is 62.5 Å². The third-order valence-corrected chi connectivity index (χ3v) is 8.10. The molecule has 7 nitrogen and oxygen atoms in total. The van der Waals surface area contributed by atoms with E-state index in [1.807, 2.05) is 72.8 Å². The number of allylic oxidation sites excluding steroid dienone is 2. The van der Waals surface area contributed by atoms with Gasteiger partial charge < -0.3 is 20.1 Å². The lowest BCUT2D eigenvalue weighted by atomic mass is 9.93. The molecule has 2 unspecified atom stereocenters. The van der Waals surface area contributed by atoms with Gasteiger partial charge in [-0.3, -0.25) is 14.4 Å². The quantitative estimate of drug-likeness (QED) is 0.373. The summed E-state index contributed by atoms with van der Waals surface area (Å²) >= 11 is 0. The zero-order valence-corrected chi connectivity index (χ0v) is 23.3. The SMILES string of the molecule is O=C1NC2(CCCC2)COC(=O)C(Cc2ccccc2)CCC=CCC1CC(=O)N(CCO)Cc1ccccc1. The molecule has 1 aliphatic carbocycles. The Morgan fingerprint density at radius 3 is 2.30 bits per heavy atom. The van der Waals surface area contributed by atoms with Crippen LogP contribution in [0.3, 0.4) is 0 Å². The van der Waals surface area contributed by atoms with Crippen LogP contribution in [0.25, 0.3) is 0 Å². The summed E-state index contributed by atoms with van der Waals surface area (Å²) in [6.45, 7) is 0.600. The predicted molar refractivity (Wildman–Crippen MR) is 154 cm³/mol. The number of carbonyl (C=O) groups excluding carboxylic acids is 3. The van der Waals surface area contributed by atoms with Gasteiger partial charge in [0.25, 0.3) is 0 Å². The number of aliphatic hydroxyl groups excluding tert-OH is 1. The molecule has 2 aliphatic rings. The summed E-state index contributed by atoms with van der Waals surface area (Å²) in [5, 5.41) is 12.8. The summed E-state index contributed by atoms with van der Waals surface area (Å²) in [5.41, 5.74) is 1.47. The van der Waals surface area contributed by atoms with Crippen LogP contribution >= 0.6 is 0 Å². The number of hydrogen-bond acceptors (Lipinski definition) is 5. The Hall–Kier alpha value is -3.45. The molecule has 2 aromatic rings. The number of rotatable bonds is 8. The van der Waals surface area contributed by atoms with E-state index < -0.39 is 11.5 Å². The third kappa shape index (κ3) is 8.52. The van der Waals surface area contributed by atoms with Crippen LogP contribution in [0.15, 0.2) is 72.8 Å². The molecule has 0 aromatic heterocycles. The van der Waals surface area contributed by atoms with Gasteiger partial charge in [0.2, 0.25) is 11.8 Å². The minimum Gasteiger partial charge on any atom is -0.463 e. The molecule has 2 aromatic carbocycles. The number of nitrogens with one attached hydrogen (secondary N) is 1. The van der Waals surface area contributed by atoms with Gasteiger partial charge in [0.15, 0.2) is 0 Å². The van der Waals surface area contributed by atoms with Gasteiger partial charge in [0.1, 0.15) is 6.61 Å². The van der Waals surface area contributed by atoms with Crippen molar-refractivity contribution in [3.05, 3.63) is 83.9 Å². The summed E-state index contributed by atoms with van der Waals surface area (Å²) in [6.07, 6.45) is 9.82. The van der Waals surface area contributed by atoms with E-state index in [9.17, 15) is 19.5 Å². The zero-order chi connectivity index (χ0) is 28.2. The maximum Gasteiger partial charge on any atom is 0.309 e. The molecule has 7 heteroatoms. The molecule has 0 radical (unpaired) electrons. The third-order valence-electron chi connectivity index (χ3n) is 8.10. The number of cyclic esters (lactones) is 1. The van der Waals surface area contributed by atoms with E-state index in [-0.39, 0.29) is 49.9 Å². The highest BCUT2D eigenvalue weighted by atomic mass is 16.5. The largest absolute Gasteiger partial charge is 0.463 e. The van der Waals surface area contributed by atoms with Gasteiger partial charge in [-0.1, -0.05) is 85.7 Å². The first-order valence-corrected chi connectivity index (χ1v) is 14.6. The molecule has 2 amide bonds. The molecule has 1 fully saturated rings. The summed E-state index contributed by atoms with van der Waals surface area (Å²) in [7, 11) is 0. The molecule has 0 saturated heterocycles. The van der Waals surface area contributed by atoms with Crippen molar-refractivity contribution in [1.82, 2.24) is 10.2 Å². The highest BCUT2D eigenvalue weighted by molar-refractivity contribution is 5.86. The number of esters is 1. The van der Waals surface area contributed by atoms with Gasteiger partial charge in [-0.05, 0) is 49.7 Å². The Morgan fingerprint density at radius 1 is 0.950 bits per heavy atom. The van der Waals surface area contributed by atoms with E-state index in [0.29, 0.717) is 32.2 Å². The van der Waals surface area contributed by atoms with Crippen LogP contribution < -0.4 is 5.32 Å². The number of ether oxygens (including phenoxy) is 1. The molecule has 1 aliphatic heterocycles. The highest BCUT2D eigenvalue weighted by Gasteiger charge is 2.39. The number of benzene rings is 2. The standard InChI is InChI=1S/C33H42N2O5/c36-21-20-35(24-27-14-6-2-7-15-27)30(37)23-28-16-8-3-9-17-29(22-26-12-4-1-5-13-26)32(39)40-25-33(34-31(28)38)18-10-11-19-33/h1-8,12-15,28-29,36H,9-11,16-25H2,(H,34,38). The predicted octanol–water partition coefficient (Wildman–Crippen LogP) is 4.59. The van der Waals surface area contributed by atoms with Gasteiger partial charge in [0, 0.05) is 19.5 Å². The van der Waals surface area contributed by atoms with Crippen LogP contribution in [-0.4, -0.2) is 53.1 Å². The van der Waals surface area contributed by atoms with Gasteiger partial charge in [-0.15, -0.1) is 0 Å². The summed E-state index contributed by atoms with van der Waals surface area (Å²) in [6, 6.07) is 19.6. The molecule has 4 rings (SSSR count). The molecule has 2 N–H and O–H groups in total. The van der Waals surface area contributed by atoms with Gasteiger partial charge >= 0.3 is 5.97 Å². The van der Waals surface area contributed by atoms with Crippen LogP contribution in [-0.2, 0) is 32.1 Å². The number of aliphatic hydroxyl groups is 1. The van der Waals surface area contributed by atoms with Crippen molar-refractivity contribution >= 4 is 17.8 Å². The monoisotopic (exact) mass is 546 g/mol. The lowest BCUT2D eigenvalue weighted by Crippen LogP contribution is -2.52. The second kappa shape index (κ2) is 14.8. The fourth-order valence-corrected chi connectivity index (χ4v) is 5.76. The summed E-state index contributed by atoms with van der Waals surface area (Å²) in [4.78, 5) is 41.9. The van der Waals surface area contributed by atoms with Crippen molar-refractivity contribution in [3.8, 4) is 0 Å². The van der Waals surface area contributed by atoms with E-state index in [1.54, 1.807) is 4.90 Å². The minimum absolute atomic E-state index is 0.0511. The Kier molecular flexibility index (Phi) is 10.9. The van der Waals surface area contributed by atoms with Crippen LogP contribution in [0, 0.1) is 11.8 Å². The first kappa shape index (κ1) is 29.5. The summed E-state index contributed by atoms with van der Waals surface area (Å²) < 4.78 is 5.90. The molecule has 1 spiro atoms. The van der Waals surface area contributed by atoms with E-state index in [2.05, 4.69) is 5.32 Å². The van der Waals surface area contributed by atoms with Gasteiger partial charge in [-0.2, -0.15) is 0 Å². The molecule has 0 bridgehead atoms. The Morgan fingerprint density at radius 2 is 1.62 bits per heavy atom. The molecule has 1 saturated carbocycles. The molecule has 40 heavy (non-hydrogen) atoms. The van der Waals surface area contributed by atoms with Gasteiger partial charge in [0.05, 0.1) is 24.0 Å². The van der Waals surface area contributed by atoms with Crippen LogP contribution in [0.5, 0.6) is 0 Å². The first-order chi connectivity index (χ1) is 19.5. The van der Waals surface area contributed by atoms with E-state index in [4.69, 9.17) is 4.74 Å². The van der Waals surface area contributed by atoms with E-state index >= 15 is 0 Å². The number of nitrogens with zero attached hydrogens (tertiary/aromatic N) is 1. The summed E-state index contributed by atoms with van der Waals surface area (Å²) in [5.74, 6) is -1.37. The Balaban J connectivity index is 1.49. The maximum absolute atomic E-state index is 13.6. The molecule has 1 heterocycles. The molecule has 2 atom stereocenters. The van der Waals surface area contributed by atoms with E-state index in [0.717, 1.165) is 36.8 Å². The average Bonchev–Trinajstić information content (AvgIpc) is 3.43. The van der Waals surface area contributed by atoms with Crippen molar-refractivity contribution < 1.29 is 24.2 Å². The first-order valence-electron chi connectivity index (χ1n) is 14.6. The van der Waals surface area contributed by atoms with Crippen LogP contribution in [0.2, 0.25) is 0 Å². The fraction of sp³-hybridized carbons (Fsp3) is 0.485. The minimum atomic E-state index is -0.599. The topological polar surface area (TPSA) is 95.9 Å². The van der Waals surface area contributed by atoms with E-state index in [1.165, 1.54) is 0 Å². The lowest BCUT2D eigenvalue weighted by Gasteiger charge is -2.32. The lowest BCUT2D eigenvalue weighted by molar-refractivity contribution is -0.152. The Labute approximate surface area is 237 Å². The fourth-order valence-electron chi connectivity index (χ4n) is 5.76. The zero-order valence-electron chi connectivity index (χ0n) is 23.3. The number of amides is 2. The highest BCUT2D eigenvalue weighted by Crippen LogP contribution is 2.32. The van der Waals surface area contributed by atoms with Crippen molar-refractivity contribution in [2.45, 2.75) is 69.9 Å². The second-order valence-corrected chi connectivity index (χ2v) is 11.2. The van der Waals surface area contributed by atoms with Crippen molar-refractivity contribution in [2.24, 2.45) is 11.8 Å². The normalized spacial score (nSPS) is 21.5. The second-order valence-electron chi connectivity index (χ2n) is 11.2. The van der Waals surface area contributed by atoms with Gasteiger partial charge in [-0.25, -0.2) is 0 Å². The maximum atomic E-state index is 13.6. The Bertz CT molecular complexity index is 1130. The van der Waals surface area contributed by atoms with Crippen molar-refractivity contribution in [2.75, 3.05) is 19.8 Å². The molecule has 214 valence electrons. The smallest absolute Gasteiger partial charge is 0.309 e. The van der Waals surface area contributed by atoms with Crippen molar-refractivity contribution in [3.63, 3.8) is 0 Å². The number of carbonyl (C=O) groups is 3. The van der Waals surface area contributed by atoms with Crippen molar-refractivity contribution in [1.29, 1.82) is 0 Å².